The molecule has 1 aromatic rings. The van der Waals surface area contributed by atoms with E-state index in [2.05, 4.69) is 47.8 Å². The molecule has 2 heterocycles. The van der Waals surface area contributed by atoms with E-state index < -0.39 is 0 Å². The Hall–Kier alpha value is -1.36. The molecule has 1 aliphatic heterocycles. The fourth-order valence-electron chi connectivity index (χ4n) is 2.83. The summed E-state index contributed by atoms with van der Waals surface area (Å²) >= 11 is 0. The van der Waals surface area contributed by atoms with Crippen molar-refractivity contribution >= 4 is 11.6 Å². The van der Waals surface area contributed by atoms with Crippen molar-refractivity contribution < 1.29 is 0 Å². The molecule has 118 valence electrons. The van der Waals surface area contributed by atoms with E-state index in [1.54, 1.807) is 0 Å². The van der Waals surface area contributed by atoms with Crippen molar-refractivity contribution in [3.63, 3.8) is 0 Å². The van der Waals surface area contributed by atoms with Gasteiger partial charge in [-0.05, 0) is 19.9 Å². The standard InChI is InChI=1S/C16H29N5/c1-6-7-20-8-10-21(11-9-20)16-13(4)15(17-5)18-14(19-16)12(2)3/h12H,6-11H2,1-5H3,(H,17,18,19). The average molecular weight is 291 g/mol. The van der Waals surface area contributed by atoms with Crippen LogP contribution in [0.25, 0.3) is 0 Å². The van der Waals surface area contributed by atoms with Gasteiger partial charge in [0.15, 0.2) is 0 Å². The third-order valence-corrected chi connectivity index (χ3v) is 4.10. The zero-order chi connectivity index (χ0) is 15.4. The van der Waals surface area contributed by atoms with E-state index in [-0.39, 0.29) is 0 Å². The van der Waals surface area contributed by atoms with Gasteiger partial charge < -0.3 is 10.2 Å². The van der Waals surface area contributed by atoms with Crippen LogP contribution < -0.4 is 10.2 Å². The molecular weight excluding hydrogens is 262 g/mol. The smallest absolute Gasteiger partial charge is 0.137 e. The Morgan fingerprint density at radius 1 is 1.14 bits per heavy atom. The first-order valence-electron chi connectivity index (χ1n) is 8.10. The number of hydrogen-bond acceptors (Lipinski definition) is 5. The normalized spacial score (nSPS) is 16.6. The van der Waals surface area contributed by atoms with Crippen LogP contribution in [-0.2, 0) is 0 Å². The molecule has 0 amide bonds. The number of nitrogens with zero attached hydrogens (tertiary/aromatic N) is 4. The van der Waals surface area contributed by atoms with Gasteiger partial charge in [0.2, 0.25) is 0 Å². The van der Waals surface area contributed by atoms with Crippen LogP contribution in [0.3, 0.4) is 0 Å². The summed E-state index contributed by atoms with van der Waals surface area (Å²) < 4.78 is 0. The Morgan fingerprint density at radius 2 is 1.81 bits per heavy atom. The summed E-state index contributed by atoms with van der Waals surface area (Å²) in [5, 5.41) is 3.21. The second-order valence-corrected chi connectivity index (χ2v) is 6.11. The molecule has 0 aliphatic carbocycles. The van der Waals surface area contributed by atoms with Crippen LogP contribution in [0.1, 0.15) is 44.5 Å². The van der Waals surface area contributed by atoms with Crippen LogP contribution >= 0.6 is 0 Å². The van der Waals surface area contributed by atoms with E-state index in [0.29, 0.717) is 5.92 Å². The Labute approximate surface area is 128 Å². The monoisotopic (exact) mass is 291 g/mol. The average Bonchev–Trinajstić information content (AvgIpc) is 2.48. The van der Waals surface area contributed by atoms with Crippen molar-refractivity contribution in [2.24, 2.45) is 0 Å². The number of nitrogens with one attached hydrogen (secondary N) is 1. The molecule has 1 aromatic heterocycles. The minimum Gasteiger partial charge on any atom is -0.373 e. The third-order valence-electron chi connectivity index (χ3n) is 4.10. The first-order chi connectivity index (χ1) is 10.1. The zero-order valence-electron chi connectivity index (χ0n) is 14.1. The largest absolute Gasteiger partial charge is 0.373 e. The van der Waals surface area contributed by atoms with Gasteiger partial charge in [0.05, 0.1) is 0 Å². The molecule has 21 heavy (non-hydrogen) atoms. The van der Waals surface area contributed by atoms with Gasteiger partial charge in [0, 0.05) is 44.7 Å². The summed E-state index contributed by atoms with van der Waals surface area (Å²) in [4.78, 5) is 14.4. The SMILES string of the molecule is CCCN1CCN(c2nc(C(C)C)nc(NC)c2C)CC1. The van der Waals surface area contributed by atoms with Crippen LogP contribution in [0, 0.1) is 6.92 Å². The molecule has 5 heteroatoms. The van der Waals surface area contributed by atoms with Crippen molar-refractivity contribution in [2.45, 2.75) is 40.0 Å². The predicted molar refractivity (Wildman–Crippen MR) is 89.3 cm³/mol. The third kappa shape index (κ3) is 3.64. The number of hydrogen-bond donors (Lipinski definition) is 1. The first-order valence-corrected chi connectivity index (χ1v) is 8.10. The minimum atomic E-state index is 0.345. The van der Waals surface area contributed by atoms with Crippen molar-refractivity contribution in [1.82, 2.24) is 14.9 Å². The second-order valence-electron chi connectivity index (χ2n) is 6.11. The minimum absolute atomic E-state index is 0.345. The quantitative estimate of drug-likeness (QED) is 0.903. The van der Waals surface area contributed by atoms with Crippen LogP contribution in [0.4, 0.5) is 11.6 Å². The number of anilines is 2. The van der Waals surface area contributed by atoms with Crippen LogP contribution in [-0.4, -0.2) is 54.6 Å². The van der Waals surface area contributed by atoms with Crippen LogP contribution in [0.5, 0.6) is 0 Å². The van der Waals surface area contributed by atoms with Crippen LogP contribution in [0.15, 0.2) is 0 Å². The molecule has 1 saturated heterocycles. The van der Waals surface area contributed by atoms with Crippen molar-refractivity contribution in [3.05, 3.63) is 11.4 Å². The maximum Gasteiger partial charge on any atom is 0.137 e. The Kier molecular flexibility index (Phi) is 5.39. The molecule has 5 nitrogen and oxygen atoms in total. The Balaban J connectivity index is 2.21. The van der Waals surface area contributed by atoms with Gasteiger partial charge in [0.1, 0.15) is 17.5 Å². The van der Waals surface area contributed by atoms with Crippen LogP contribution in [0.2, 0.25) is 0 Å². The molecule has 0 aromatic carbocycles. The lowest BCUT2D eigenvalue weighted by Gasteiger charge is -2.36. The molecule has 0 saturated carbocycles. The van der Waals surface area contributed by atoms with E-state index in [1.165, 1.54) is 13.0 Å². The fourth-order valence-corrected chi connectivity index (χ4v) is 2.83. The van der Waals surface area contributed by atoms with Gasteiger partial charge >= 0.3 is 0 Å². The molecule has 0 unspecified atom stereocenters. The maximum atomic E-state index is 4.83. The van der Waals surface area contributed by atoms with E-state index in [4.69, 9.17) is 4.98 Å². The molecule has 0 atom stereocenters. The summed E-state index contributed by atoms with van der Waals surface area (Å²) in [5.74, 6) is 3.34. The molecule has 1 N–H and O–H groups in total. The molecule has 2 rings (SSSR count). The van der Waals surface area contributed by atoms with Crippen molar-refractivity contribution in [3.8, 4) is 0 Å². The van der Waals surface area contributed by atoms with E-state index in [0.717, 1.165) is 49.2 Å². The van der Waals surface area contributed by atoms with Gasteiger partial charge in [-0.1, -0.05) is 20.8 Å². The lowest BCUT2D eigenvalue weighted by atomic mass is 10.2. The number of aromatic nitrogens is 2. The highest BCUT2D eigenvalue weighted by molar-refractivity contribution is 5.58. The highest BCUT2D eigenvalue weighted by atomic mass is 15.3. The summed E-state index contributed by atoms with van der Waals surface area (Å²) in [6.07, 6.45) is 1.23. The topological polar surface area (TPSA) is 44.3 Å². The molecule has 1 fully saturated rings. The second kappa shape index (κ2) is 7.07. The zero-order valence-corrected chi connectivity index (χ0v) is 14.1. The summed E-state index contributed by atoms with van der Waals surface area (Å²) in [5.41, 5.74) is 1.16. The molecule has 0 spiro atoms. The Bertz CT molecular complexity index is 464. The molecule has 1 aliphatic rings. The van der Waals surface area contributed by atoms with Gasteiger partial charge in [-0.2, -0.15) is 0 Å². The van der Waals surface area contributed by atoms with Gasteiger partial charge in [-0.3, -0.25) is 4.90 Å². The number of rotatable bonds is 5. The van der Waals surface area contributed by atoms with E-state index >= 15 is 0 Å². The van der Waals surface area contributed by atoms with Gasteiger partial charge in [-0.15, -0.1) is 0 Å². The lowest BCUT2D eigenvalue weighted by Crippen LogP contribution is -2.47. The first kappa shape index (κ1) is 16.0. The van der Waals surface area contributed by atoms with Crippen molar-refractivity contribution in [2.75, 3.05) is 50.0 Å². The Morgan fingerprint density at radius 3 is 2.33 bits per heavy atom. The maximum absolute atomic E-state index is 4.83. The van der Waals surface area contributed by atoms with E-state index in [1.807, 2.05) is 7.05 Å². The molecule has 0 bridgehead atoms. The summed E-state index contributed by atoms with van der Waals surface area (Å²) in [6, 6.07) is 0. The summed E-state index contributed by atoms with van der Waals surface area (Å²) in [7, 11) is 1.93. The van der Waals surface area contributed by atoms with E-state index in [9.17, 15) is 0 Å². The fraction of sp³-hybridized carbons (Fsp3) is 0.750. The van der Waals surface area contributed by atoms with Gasteiger partial charge in [0.25, 0.3) is 0 Å². The van der Waals surface area contributed by atoms with Gasteiger partial charge in [-0.25, -0.2) is 9.97 Å². The molecular formula is C16H29N5. The highest BCUT2D eigenvalue weighted by Crippen LogP contribution is 2.26. The molecule has 0 radical (unpaired) electrons. The predicted octanol–water partition coefficient (Wildman–Crippen LogP) is 2.48. The highest BCUT2D eigenvalue weighted by Gasteiger charge is 2.21. The lowest BCUT2D eigenvalue weighted by molar-refractivity contribution is 0.258. The van der Waals surface area contributed by atoms with Crippen molar-refractivity contribution in [1.29, 1.82) is 0 Å². The summed E-state index contributed by atoms with van der Waals surface area (Å²) in [6.45, 7) is 14.2. The number of piperazine rings is 1.